The zero-order valence-corrected chi connectivity index (χ0v) is 42.2. The molecule has 0 bridgehead atoms. The van der Waals surface area contributed by atoms with E-state index in [-0.39, 0.29) is 69.9 Å². The Morgan fingerprint density at radius 3 is 1.79 bits per heavy atom. The van der Waals surface area contributed by atoms with Gasteiger partial charge in [0.15, 0.2) is 0 Å². The highest BCUT2D eigenvalue weighted by Gasteiger charge is 2.31. The molecule has 0 saturated heterocycles. The van der Waals surface area contributed by atoms with Crippen LogP contribution in [-0.2, 0) is 51.2 Å². The number of aryl methyl sites for hydroxylation is 1. The minimum atomic E-state index is -1.41. The van der Waals surface area contributed by atoms with Gasteiger partial charge in [-0.3, -0.25) is 24.0 Å². The number of ether oxygens (including phenoxy) is 3. The van der Waals surface area contributed by atoms with Gasteiger partial charge in [-0.2, -0.15) is 0 Å². The number of carboxylic acids is 1. The number of rotatable bonds is 29. The van der Waals surface area contributed by atoms with E-state index in [1.807, 2.05) is 68.4 Å². The van der Waals surface area contributed by atoms with E-state index >= 15 is 0 Å². The number of nitrogens with one attached hydrogen (secondary N) is 6. The van der Waals surface area contributed by atoms with Crippen LogP contribution in [0.25, 0.3) is 11.1 Å². The number of amides is 6. The molecule has 0 aliphatic rings. The number of unbranched alkanes of at least 4 members (excludes halogenated alkanes) is 2. The van der Waals surface area contributed by atoms with Crippen molar-refractivity contribution in [3.8, 4) is 11.1 Å². The minimum absolute atomic E-state index is 0.0329. The summed E-state index contributed by atoms with van der Waals surface area (Å²) in [4.78, 5) is 104. The number of carbonyl (C=O) groups is 8. The van der Waals surface area contributed by atoms with Gasteiger partial charge in [0.2, 0.25) is 17.7 Å². The summed E-state index contributed by atoms with van der Waals surface area (Å²) in [6, 6.07) is 19.1. The van der Waals surface area contributed by atoms with Crippen molar-refractivity contribution < 1.29 is 57.7 Å². The van der Waals surface area contributed by atoms with Gasteiger partial charge in [-0.1, -0.05) is 93.9 Å². The maximum absolute atomic E-state index is 14.2. The summed E-state index contributed by atoms with van der Waals surface area (Å²) in [5.41, 5.74) is 3.47. The van der Waals surface area contributed by atoms with Gasteiger partial charge in [-0.25, -0.2) is 14.4 Å². The van der Waals surface area contributed by atoms with Crippen LogP contribution < -0.4 is 31.9 Å². The minimum Gasteiger partial charge on any atom is -0.480 e. The summed E-state index contributed by atoms with van der Waals surface area (Å²) in [5, 5.41) is 25.4. The molecule has 18 heteroatoms. The Bertz CT molecular complexity index is 2180. The van der Waals surface area contributed by atoms with Crippen molar-refractivity contribution in [3.63, 3.8) is 0 Å². The van der Waals surface area contributed by atoms with Gasteiger partial charge in [-0.05, 0) is 119 Å². The maximum Gasteiger partial charge on any atom is 0.407 e. The van der Waals surface area contributed by atoms with Crippen LogP contribution in [0.4, 0.5) is 9.59 Å². The third-order valence-electron chi connectivity index (χ3n) is 10.8. The Balaban J connectivity index is 1.75. The summed E-state index contributed by atoms with van der Waals surface area (Å²) in [6.07, 6.45) is 2.26. The van der Waals surface area contributed by atoms with Crippen molar-refractivity contribution in [3.05, 3.63) is 95.6 Å². The average Bonchev–Trinajstić information content (AvgIpc) is 3.33. The lowest BCUT2D eigenvalue weighted by molar-refractivity contribution is -0.145. The SMILES string of the molecule is CCCCc1ccc(-c2ccc(C(=O)N[C@@H](CCCCNC(=O)OCc3ccccc3)C(=O)N[C@@H](CCC(=O)OCC(C)C)C(=O)N[C@@H](C)C(=O)N[C@@H](CCCNC(=O)OC(C)(C)C)C(=O)O)cc2)cc1. The zero-order valence-electron chi connectivity index (χ0n) is 42.2. The number of alkyl carbamates (subject to hydrolysis) is 2. The van der Waals surface area contributed by atoms with Crippen molar-refractivity contribution in [1.29, 1.82) is 0 Å². The van der Waals surface area contributed by atoms with Crippen LogP contribution in [0.1, 0.15) is 128 Å². The number of aliphatic carboxylic acids is 1. The quantitative estimate of drug-likeness (QED) is 0.0217. The molecule has 3 aromatic rings. The summed E-state index contributed by atoms with van der Waals surface area (Å²) < 4.78 is 15.8. The fourth-order valence-electron chi connectivity index (χ4n) is 6.89. The van der Waals surface area contributed by atoms with Crippen molar-refractivity contribution in [2.75, 3.05) is 19.7 Å². The average molecular weight is 987 g/mol. The fraction of sp³-hybridized carbons (Fsp3) is 0.509. The van der Waals surface area contributed by atoms with Crippen LogP contribution in [0.5, 0.6) is 0 Å². The van der Waals surface area contributed by atoms with Gasteiger partial charge in [0.25, 0.3) is 5.91 Å². The molecule has 0 aliphatic carbocycles. The largest absolute Gasteiger partial charge is 0.480 e. The number of benzene rings is 3. The molecule has 0 saturated carbocycles. The third-order valence-corrected chi connectivity index (χ3v) is 10.8. The Morgan fingerprint density at radius 2 is 1.17 bits per heavy atom. The third kappa shape index (κ3) is 23.5. The van der Waals surface area contributed by atoms with Crippen molar-refractivity contribution in [1.82, 2.24) is 31.9 Å². The van der Waals surface area contributed by atoms with Gasteiger partial charge in [-0.15, -0.1) is 0 Å². The van der Waals surface area contributed by atoms with Crippen LogP contribution in [0.2, 0.25) is 0 Å². The molecular formula is C53H74N6O12. The monoisotopic (exact) mass is 987 g/mol. The van der Waals surface area contributed by atoms with Crippen molar-refractivity contribution in [2.45, 2.75) is 149 Å². The van der Waals surface area contributed by atoms with Crippen LogP contribution >= 0.6 is 0 Å². The van der Waals surface area contributed by atoms with Gasteiger partial charge < -0.3 is 51.2 Å². The van der Waals surface area contributed by atoms with Gasteiger partial charge in [0.05, 0.1) is 6.61 Å². The second-order valence-corrected chi connectivity index (χ2v) is 18.8. The Morgan fingerprint density at radius 1 is 0.592 bits per heavy atom. The molecule has 0 radical (unpaired) electrons. The number of carbonyl (C=O) groups excluding carboxylic acids is 7. The number of hydrogen-bond donors (Lipinski definition) is 7. The van der Waals surface area contributed by atoms with E-state index in [9.17, 15) is 43.5 Å². The Kier molecular flexibility index (Phi) is 25.1. The molecule has 3 aromatic carbocycles. The first kappa shape index (κ1) is 58.3. The molecule has 71 heavy (non-hydrogen) atoms. The second kappa shape index (κ2) is 30.6. The second-order valence-electron chi connectivity index (χ2n) is 18.8. The summed E-state index contributed by atoms with van der Waals surface area (Å²) in [5.74, 6) is -4.95. The van der Waals surface area contributed by atoms with E-state index in [1.54, 1.807) is 32.9 Å². The Hall–Kier alpha value is -6.98. The Labute approximate surface area is 417 Å². The standard InChI is InChI=1S/C53H74N6O12/c1-8-9-16-37-21-23-39(24-22-37)40-25-27-41(28-26-40)47(62)57-42(19-13-14-31-54-51(67)70-34-38-17-11-10-12-18-38)49(64)58-43(29-30-45(60)69-33-35(2)3)48(63)56-36(4)46(61)59-44(50(65)66)20-15-32-55-52(68)71-53(5,6)7/h10-12,17-18,21-28,35-36,42-44H,8-9,13-16,19-20,29-34H2,1-7H3,(H,54,67)(H,55,68)(H,56,63)(H,57,62)(H,58,64)(H,59,61)(H,65,66)/t36-,42-,43-,44-/m0/s1. The topological polar surface area (TPSA) is 257 Å². The van der Waals surface area contributed by atoms with Gasteiger partial charge in [0.1, 0.15) is 36.4 Å². The predicted molar refractivity (Wildman–Crippen MR) is 268 cm³/mol. The van der Waals surface area contributed by atoms with E-state index in [2.05, 4.69) is 51.0 Å². The number of esters is 1. The molecule has 18 nitrogen and oxygen atoms in total. The van der Waals surface area contributed by atoms with Crippen molar-refractivity contribution in [2.24, 2.45) is 5.92 Å². The lowest BCUT2D eigenvalue weighted by Gasteiger charge is -2.25. The van der Waals surface area contributed by atoms with Crippen molar-refractivity contribution >= 4 is 47.8 Å². The summed E-state index contributed by atoms with van der Waals surface area (Å²) in [6.45, 7) is 12.8. The molecule has 0 fully saturated rings. The van der Waals surface area contributed by atoms with E-state index < -0.39 is 77.5 Å². The molecule has 0 unspecified atom stereocenters. The first-order chi connectivity index (χ1) is 33.7. The van der Waals surface area contributed by atoms with E-state index in [0.717, 1.165) is 36.0 Å². The van der Waals surface area contributed by atoms with Gasteiger partial charge in [0, 0.05) is 25.1 Å². The molecule has 3 rings (SSSR count). The molecular weight excluding hydrogens is 913 g/mol. The fourth-order valence-corrected chi connectivity index (χ4v) is 6.89. The van der Waals surface area contributed by atoms with E-state index in [0.29, 0.717) is 12.8 Å². The normalized spacial score (nSPS) is 12.8. The first-order valence-corrected chi connectivity index (χ1v) is 24.5. The highest BCUT2D eigenvalue weighted by atomic mass is 16.6. The summed E-state index contributed by atoms with van der Waals surface area (Å²) in [7, 11) is 0. The van der Waals surface area contributed by atoms with Crippen LogP contribution in [0, 0.1) is 5.92 Å². The lowest BCUT2D eigenvalue weighted by atomic mass is 10.0. The van der Waals surface area contributed by atoms with E-state index in [1.165, 1.54) is 12.5 Å². The molecule has 0 aliphatic heterocycles. The molecule has 0 spiro atoms. The lowest BCUT2D eigenvalue weighted by Crippen LogP contribution is -2.57. The zero-order chi connectivity index (χ0) is 52.3. The van der Waals surface area contributed by atoms with Crippen LogP contribution in [0.15, 0.2) is 78.9 Å². The predicted octanol–water partition coefficient (Wildman–Crippen LogP) is 6.73. The molecule has 6 amide bonds. The maximum atomic E-state index is 14.2. The molecule has 4 atom stereocenters. The van der Waals surface area contributed by atoms with Crippen LogP contribution in [-0.4, -0.2) is 102 Å². The molecule has 0 heterocycles. The summed E-state index contributed by atoms with van der Waals surface area (Å²) >= 11 is 0. The number of hydrogen-bond acceptors (Lipinski definition) is 11. The highest BCUT2D eigenvalue weighted by molar-refractivity contribution is 5.99. The van der Waals surface area contributed by atoms with Gasteiger partial charge >= 0.3 is 24.1 Å². The van der Waals surface area contributed by atoms with Crippen LogP contribution in [0.3, 0.4) is 0 Å². The highest BCUT2D eigenvalue weighted by Crippen LogP contribution is 2.21. The number of carboxylic acid groups (broad SMARTS) is 1. The smallest absolute Gasteiger partial charge is 0.407 e. The molecule has 0 aromatic heterocycles. The molecule has 388 valence electrons. The first-order valence-electron chi connectivity index (χ1n) is 24.5. The molecule has 7 N–H and O–H groups in total. The van der Waals surface area contributed by atoms with E-state index in [4.69, 9.17) is 14.2 Å².